The molecule has 7 heteroatoms. The highest BCUT2D eigenvalue weighted by atomic mass is 16.6. The fourth-order valence-electron chi connectivity index (χ4n) is 5.60. The van der Waals surface area contributed by atoms with Crippen molar-refractivity contribution in [1.82, 2.24) is 9.55 Å². The van der Waals surface area contributed by atoms with E-state index in [-0.39, 0.29) is 24.6 Å². The first-order valence-corrected chi connectivity index (χ1v) is 10.7. The Hall–Kier alpha value is -3.03. The summed E-state index contributed by atoms with van der Waals surface area (Å²) >= 11 is 0. The van der Waals surface area contributed by atoms with E-state index in [0.717, 1.165) is 46.1 Å². The van der Waals surface area contributed by atoms with E-state index in [9.17, 15) is 14.7 Å². The summed E-state index contributed by atoms with van der Waals surface area (Å²) < 4.78 is 6.85. The van der Waals surface area contributed by atoms with Crippen molar-refractivity contribution in [1.29, 1.82) is 0 Å². The maximum atomic E-state index is 13.4. The molecule has 0 radical (unpaired) electrons. The monoisotopic (exact) mass is 417 g/mol. The first-order valence-electron chi connectivity index (χ1n) is 10.7. The van der Waals surface area contributed by atoms with Crippen LogP contribution < -0.4 is 11.3 Å². The Labute approximate surface area is 178 Å². The van der Waals surface area contributed by atoms with Gasteiger partial charge in [0.2, 0.25) is 0 Å². The molecule has 1 aliphatic carbocycles. The second-order valence-corrected chi connectivity index (χ2v) is 8.86. The largest absolute Gasteiger partial charge is 0.458 e. The number of pyridine rings is 2. The molecule has 7 nitrogen and oxygen atoms in total. The van der Waals surface area contributed by atoms with Gasteiger partial charge in [-0.2, -0.15) is 0 Å². The van der Waals surface area contributed by atoms with Crippen molar-refractivity contribution in [3.05, 3.63) is 61.9 Å². The summed E-state index contributed by atoms with van der Waals surface area (Å²) in [5, 5.41) is 12.1. The molecule has 2 aliphatic heterocycles. The third-order valence-corrected chi connectivity index (χ3v) is 7.30. The van der Waals surface area contributed by atoms with E-state index in [2.05, 4.69) is 6.92 Å². The molecule has 6 rings (SSSR count). The van der Waals surface area contributed by atoms with E-state index in [0.29, 0.717) is 23.4 Å². The Morgan fingerprint density at radius 2 is 2.10 bits per heavy atom. The topological polar surface area (TPSA) is 107 Å². The standard InChI is InChI=1S/C24H23N3O4/c1-3-24(30)15-8-18-21-13(9-27(18)22(28)14(15)10-31-23(24)29)12-5-6-16(25)19-11(2)4-7-17(26-21)20(12)19/h4,7-8,16,30H,3,5-6,9-10,25H2,1-2H3/t16?,24-/m0/s1. The lowest BCUT2D eigenvalue weighted by molar-refractivity contribution is -0.172. The van der Waals surface area contributed by atoms with E-state index in [1.807, 2.05) is 12.1 Å². The molecule has 3 N–H and O–H groups in total. The first kappa shape index (κ1) is 18.7. The van der Waals surface area contributed by atoms with Gasteiger partial charge in [-0.25, -0.2) is 9.78 Å². The van der Waals surface area contributed by atoms with Crippen LogP contribution in [0.3, 0.4) is 0 Å². The van der Waals surface area contributed by atoms with Gasteiger partial charge in [-0.05, 0) is 55.0 Å². The highest BCUT2D eigenvalue weighted by Gasteiger charge is 2.45. The molecule has 0 fully saturated rings. The predicted octanol–water partition coefficient (Wildman–Crippen LogP) is 2.33. The molecular formula is C24H23N3O4. The summed E-state index contributed by atoms with van der Waals surface area (Å²) in [4.78, 5) is 30.7. The van der Waals surface area contributed by atoms with Crippen LogP contribution in [-0.4, -0.2) is 20.6 Å². The number of benzene rings is 1. The van der Waals surface area contributed by atoms with Crippen molar-refractivity contribution >= 4 is 16.9 Å². The zero-order valence-electron chi connectivity index (χ0n) is 17.5. The number of cyclic esters (lactones) is 1. The zero-order chi connectivity index (χ0) is 21.7. The molecule has 3 aliphatic rings. The SMILES string of the molecule is CC[C@@]1(O)C(=O)OCc2c1cc1n(c2=O)Cc2c-1nc1ccc(C)c3c1c2CCC3N. The lowest BCUT2D eigenvalue weighted by atomic mass is 9.82. The van der Waals surface area contributed by atoms with Gasteiger partial charge in [-0.15, -0.1) is 0 Å². The minimum absolute atomic E-state index is 0.0161. The van der Waals surface area contributed by atoms with Gasteiger partial charge in [0.15, 0.2) is 5.60 Å². The smallest absolute Gasteiger partial charge is 0.343 e. The molecule has 4 heterocycles. The van der Waals surface area contributed by atoms with Crippen LogP contribution >= 0.6 is 0 Å². The number of esters is 1. The number of fused-ring (bicyclic) bond motifs is 5. The Morgan fingerprint density at radius 1 is 1.29 bits per heavy atom. The number of hydrogen-bond donors (Lipinski definition) is 2. The maximum absolute atomic E-state index is 13.4. The molecule has 0 saturated carbocycles. The number of hydrogen-bond acceptors (Lipinski definition) is 6. The van der Waals surface area contributed by atoms with Crippen LogP contribution in [-0.2, 0) is 34.7 Å². The quantitative estimate of drug-likeness (QED) is 0.460. The predicted molar refractivity (Wildman–Crippen MR) is 115 cm³/mol. The van der Waals surface area contributed by atoms with E-state index in [1.165, 1.54) is 5.56 Å². The highest BCUT2D eigenvalue weighted by molar-refractivity contribution is 5.93. The van der Waals surface area contributed by atoms with Gasteiger partial charge < -0.3 is 20.1 Å². The number of nitrogens with two attached hydrogens (primary N) is 1. The summed E-state index contributed by atoms with van der Waals surface area (Å²) in [5.74, 6) is -0.708. The Kier molecular flexibility index (Phi) is 3.63. The number of rotatable bonds is 1. The molecule has 1 unspecified atom stereocenters. The van der Waals surface area contributed by atoms with Crippen LogP contribution in [0.15, 0.2) is 23.0 Å². The Bertz CT molecular complexity index is 1390. The van der Waals surface area contributed by atoms with Gasteiger partial charge in [0.05, 0.1) is 29.0 Å². The van der Waals surface area contributed by atoms with Crippen LogP contribution in [0.25, 0.3) is 22.3 Å². The molecule has 0 amide bonds. The number of aromatic nitrogens is 2. The molecule has 3 aromatic rings. The molecular weight excluding hydrogens is 394 g/mol. The fraction of sp³-hybridized carbons (Fsp3) is 0.375. The minimum atomic E-state index is -1.81. The molecule has 2 atom stereocenters. The average molecular weight is 417 g/mol. The van der Waals surface area contributed by atoms with Crippen LogP contribution in [0.2, 0.25) is 0 Å². The minimum Gasteiger partial charge on any atom is -0.458 e. The van der Waals surface area contributed by atoms with E-state index >= 15 is 0 Å². The van der Waals surface area contributed by atoms with Crippen LogP contribution in [0.5, 0.6) is 0 Å². The van der Waals surface area contributed by atoms with Gasteiger partial charge in [-0.1, -0.05) is 13.0 Å². The van der Waals surface area contributed by atoms with E-state index in [1.54, 1.807) is 17.6 Å². The van der Waals surface area contributed by atoms with Crippen molar-refractivity contribution in [3.8, 4) is 11.4 Å². The third-order valence-electron chi connectivity index (χ3n) is 7.30. The highest BCUT2D eigenvalue weighted by Crippen LogP contribution is 2.44. The number of aryl methyl sites for hydroxylation is 2. The maximum Gasteiger partial charge on any atom is 0.343 e. The first-order chi connectivity index (χ1) is 14.8. The molecule has 0 bridgehead atoms. The summed E-state index contributed by atoms with van der Waals surface area (Å²) in [6.07, 6.45) is 1.82. The second kappa shape index (κ2) is 6.02. The van der Waals surface area contributed by atoms with E-state index in [4.69, 9.17) is 15.5 Å². The van der Waals surface area contributed by atoms with Crippen molar-refractivity contribution in [2.45, 2.75) is 57.9 Å². The average Bonchev–Trinajstić information content (AvgIpc) is 3.13. The van der Waals surface area contributed by atoms with Crippen LogP contribution in [0.4, 0.5) is 0 Å². The fourth-order valence-corrected chi connectivity index (χ4v) is 5.60. The van der Waals surface area contributed by atoms with Crippen LogP contribution in [0.1, 0.15) is 59.2 Å². The zero-order valence-corrected chi connectivity index (χ0v) is 17.5. The lowest BCUT2D eigenvalue weighted by Gasteiger charge is -2.31. The Morgan fingerprint density at radius 3 is 2.87 bits per heavy atom. The number of carbonyl (C=O) groups is 1. The van der Waals surface area contributed by atoms with Gasteiger partial charge in [-0.3, -0.25) is 4.79 Å². The second-order valence-electron chi connectivity index (χ2n) is 8.86. The van der Waals surface area contributed by atoms with Crippen LogP contribution in [0, 0.1) is 6.92 Å². The molecule has 0 spiro atoms. The normalized spacial score (nSPS) is 23.4. The summed E-state index contributed by atoms with van der Waals surface area (Å²) in [6.45, 7) is 4.09. The van der Waals surface area contributed by atoms with E-state index < -0.39 is 11.6 Å². The summed E-state index contributed by atoms with van der Waals surface area (Å²) in [7, 11) is 0. The summed E-state index contributed by atoms with van der Waals surface area (Å²) in [5.41, 5.74) is 11.9. The third kappa shape index (κ3) is 2.22. The molecule has 31 heavy (non-hydrogen) atoms. The number of aliphatic hydroxyl groups is 1. The van der Waals surface area contributed by atoms with Crippen molar-refractivity contribution in [2.24, 2.45) is 5.73 Å². The number of ether oxygens (including phenoxy) is 1. The van der Waals surface area contributed by atoms with Crippen molar-refractivity contribution in [2.75, 3.05) is 0 Å². The molecule has 0 saturated heterocycles. The lowest BCUT2D eigenvalue weighted by Crippen LogP contribution is -2.44. The van der Waals surface area contributed by atoms with Gasteiger partial charge >= 0.3 is 5.97 Å². The molecule has 158 valence electrons. The summed E-state index contributed by atoms with van der Waals surface area (Å²) in [6, 6.07) is 5.81. The van der Waals surface area contributed by atoms with Gasteiger partial charge in [0.1, 0.15) is 6.61 Å². The van der Waals surface area contributed by atoms with Gasteiger partial charge in [0.25, 0.3) is 5.56 Å². The van der Waals surface area contributed by atoms with Gasteiger partial charge in [0, 0.05) is 22.6 Å². The number of carbonyl (C=O) groups excluding carboxylic acids is 1. The molecule has 2 aromatic heterocycles. The molecule has 1 aromatic carbocycles. The Balaban J connectivity index is 1.67. The van der Waals surface area contributed by atoms with Crippen molar-refractivity contribution in [3.63, 3.8) is 0 Å². The van der Waals surface area contributed by atoms with Crippen molar-refractivity contribution < 1.29 is 14.6 Å². The number of nitrogens with zero attached hydrogens (tertiary/aromatic N) is 2.